The van der Waals surface area contributed by atoms with Crippen LogP contribution in [0.25, 0.3) is 5.69 Å². The third kappa shape index (κ3) is 3.17. The molecule has 0 atom stereocenters. The SMILES string of the molecule is CCn1cc(C(=O)NCc2ccn(-c3c(F)cccc3F)n2)cn1. The van der Waals surface area contributed by atoms with Gasteiger partial charge in [-0.25, -0.2) is 13.5 Å². The summed E-state index contributed by atoms with van der Waals surface area (Å²) in [5.41, 5.74) is 0.671. The molecule has 0 saturated carbocycles. The van der Waals surface area contributed by atoms with Gasteiger partial charge in [0.15, 0.2) is 11.6 Å². The normalized spacial score (nSPS) is 10.8. The molecule has 0 unspecified atom stereocenters. The van der Waals surface area contributed by atoms with Crippen molar-refractivity contribution in [3.63, 3.8) is 0 Å². The zero-order valence-corrected chi connectivity index (χ0v) is 12.9. The van der Waals surface area contributed by atoms with E-state index < -0.39 is 11.6 Å². The van der Waals surface area contributed by atoms with Gasteiger partial charge in [0.05, 0.1) is 24.0 Å². The smallest absolute Gasteiger partial charge is 0.254 e. The van der Waals surface area contributed by atoms with E-state index in [0.29, 0.717) is 17.8 Å². The molecule has 1 aromatic carbocycles. The van der Waals surface area contributed by atoms with Crippen molar-refractivity contribution in [2.45, 2.75) is 20.0 Å². The number of carbonyl (C=O) groups excluding carboxylic acids is 1. The molecule has 3 aromatic rings. The molecule has 2 aromatic heterocycles. The molecule has 2 heterocycles. The highest BCUT2D eigenvalue weighted by Crippen LogP contribution is 2.16. The zero-order chi connectivity index (χ0) is 17.1. The molecule has 0 bridgehead atoms. The number of nitrogens with zero attached hydrogens (tertiary/aromatic N) is 4. The fraction of sp³-hybridized carbons (Fsp3) is 0.188. The quantitative estimate of drug-likeness (QED) is 0.780. The number of aromatic nitrogens is 4. The molecule has 1 amide bonds. The first-order chi connectivity index (χ1) is 11.6. The molecule has 0 saturated heterocycles. The highest BCUT2D eigenvalue weighted by molar-refractivity contribution is 5.93. The van der Waals surface area contributed by atoms with E-state index in [2.05, 4.69) is 15.5 Å². The molecule has 124 valence electrons. The molecule has 0 radical (unpaired) electrons. The number of benzene rings is 1. The molecule has 0 spiro atoms. The second-order valence-electron chi connectivity index (χ2n) is 5.09. The van der Waals surface area contributed by atoms with E-state index in [1.165, 1.54) is 18.5 Å². The van der Waals surface area contributed by atoms with Gasteiger partial charge in [-0.1, -0.05) is 6.07 Å². The van der Waals surface area contributed by atoms with Crippen molar-refractivity contribution in [2.75, 3.05) is 0 Å². The van der Waals surface area contributed by atoms with Crippen molar-refractivity contribution in [1.82, 2.24) is 24.9 Å². The summed E-state index contributed by atoms with van der Waals surface area (Å²) < 4.78 is 30.2. The Balaban J connectivity index is 1.69. The molecule has 3 rings (SSSR count). The van der Waals surface area contributed by atoms with Crippen LogP contribution < -0.4 is 5.32 Å². The van der Waals surface area contributed by atoms with E-state index >= 15 is 0 Å². The Morgan fingerprint density at radius 2 is 2.00 bits per heavy atom. The van der Waals surface area contributed by atoms with Crippen molar-refractivity contribution >= 4 is 5.91 Å². The van der Waals surface area contributed by atoms with Gasteiger partial charge in [-0.3, -0.25) is 9.48 Å². The fourth-order valence-corrected chi connectivity index (χ4v) is 2.22. The van der Waals surface area contributed by atoms with Crippen molar-refractivity contribution in [3.05, 3.63) is 65.7 Å². The van der Waals surface area contributed by atoms with Gasteiger partial charge in [-0.2, -0.15) is 10.2 Å². The van der Waals surface area contributed by atoms with Crippen molar-refractivity contribution in [3.8, 4) is 5.69 Å². The lowest BCUT2D eigenvalue weighted by Gasteiger charge is -2.04. The van der Waals surface area contributed by atoms with Gasteiger partial charge in [0, 0.05) is 18.9 Å². The summed E-state index contributed by atoms with van der Waals surface area (Å²) in [6.45, 7) is 2.73. The minimum absolute atomic E-state index is 0.138. The summed E-state index contributed by atoms with van der Waals surface area (Å²) in [5, 5.41) is 10.8. The van der Waals surface area contributed by atoms with Gasteiger partial charge < -0.3 is 5.32 Å². The maximum Gasteiger partial charge on any atom is 0.254 e. The fourth-order valence-electron chi connectivity index (χ4n) is 2.22. The first-order valence-corrected chi connectivity index (χ1v) is 7.38. The van der Waals surface area contributed by atoms with E-state index in [-0.39, 0.29) is 18.1 Å². The molecule has 0 aliphatic heterocycles. The number of para-hydroxylation sites is 1. The molecule has 24 heavy (non-hydrogen) atoms. The van der Waals surface area contributed by atoms with E-state index in [4.69, 9.17) is 0 Å². The summed E-state index contributed by atoms with van der Waals surface area (Å²) in [4.78, 5) is 12.0. The molecule has 0 fully saturated rings. The van der Waals surface area contributed by atoms with Gasteiger partial charge in [-0.15, -0.1) is 0 Å². The van der Waals surface area contributed by atoms with Crippen LogP contribution in [0.1, 0.15) is 23.0 Å². The molecule has 6 nitrogen and oxygen atoms in total. The molecule has 1 N–H and O–H groups in total. The number of rotatable bonds is 5. The van der Waals surface area contributed by atoms with Crippen LogP contribution in [0.3, 0.4) is 0 Å². The van der Waals surface area contributed by atoms with Gasteiger partial charge in [-0.05, 0) is 25.1 Å². The maximum atomic E-state index is 13.7. The number of hydrogen-bond donors (Lipinski definition) is 1. The monoisotopic (exact) mass is 331 g/mol. The third-order valence-electron chi connectivity index (χ3n) is 3.46. The minimum Gasteiger partial charge on any atom is -0.346 e. The van der Waals surface area contributed by atoms with Crippen LogP contribution >= 0.6 is 0 Å². The summed E-state index contributed by atoms with van der Waals surface area (Å²) in [6.07, 6.45) is 4.56. The van der Waals surface area contributed by atoms with E-state index in [1.807, 2.05) is 6.92 Å². The lowest BCUT2D eigenvalue weighted by atomic mass is 10.3. The molecule has 8 heteroatoms. The Labute approximate surface area is 136 Å². The molecule has 0 aliphatic rings. The van der Waals surface area contributed by atoms with Crippen LogP contribution in [0.5, 0.6) is 0 Å². The van der Waals surface area contributed by atoms with Crippen LogP contribution in [0.2, 0.25) is 0 Å². The highest BCUT2D eigenvalue weighted by Gasteiger charge is 2.13. The van der Waals surface area contributed by atoms with Crippen molar-refractivity contribution < 1.29 is 13.6 Å². The first kappa shape index (κ1) is 15.9. The van der Waals surface area contributed by atoms with Crippen molar-refractivity contribution in [1.29, 1.82) is 0 Å². The van der Waals surface area contributed by atoms with Crippen LogP contribution in [0.4, 0.5) is 8.78 Å². The molecular weight excluding hydrogens is 316 g/mol. The minimum atomic E-state index is -0.708. The first-order valence-electron chi connectivity index (χ1n) is 7.38. The van der Waals surface area contributed by atoms with E-state index in [1.54, 1.807) is 16.9 Å². The largest absolute Gasteiger partial charge is 0.346 e. The summed E-state index contributed by atoms with van der Waals surface area (Å²) in [5.74, 6) is -1.71. The number of halogens is 2. The third-order valence-corrected chi connectivity index (χ3v) is 3.46. The van der Waals surface area contributed by atoms with E-state index in [9.17, 15) is 13.6 Å². The lowest BCUT2D eigenvalue weighted by Crippen LogP contribution is -2.22. The summed E-state index contributed by atoms with van der Waals surface area (Å²) in [6, 6.07) is 5.19. The second-order valence-corrected chi connectivity index (χ2v) is 5.09. The molecular formula is C16H15F2N5O. The van der Waals surface area contributed by atoms with Gasteiger partial charge >= 0.3 is 0 Å². The second kappa shape index (κ2) is 6.61. The van der Waals surface area contributed by atoms with Crippen LogP contribution in [0, 0.1) is 11.6 Å². The van der Waals surface area contributed by atoms with E-state index in [0.717, 1.165) is 16.8 Å². The Hall–Kier alpha value is -3.03. The maximum absolute atomic E-state index is 13.7. The Morgan fingerprint density at radius 3 is 2.67 bits per heavy atom. The standard InChI is InChI=1S/C16H15F2N5O/c1-2-22-10-11(8-20-22)16(24)19-9-12-6-7-23(21-12)15-13(17)4-3-5-14(15)18/h3-8,10H,2,9H2,1H3,(H,19,24). The number of amides is 1. The zero-order valence-electron chi connectivity index (χ0n) is 12.9. The highest BCUT2D eigenvalue weighted by atomic mass is 19.1. The van der Waals surface area contributed by atoms with Gasteiger partial charge in [0.25, 0.3) is 5.91 Å². The summed E-state index contributed by atoms with van der Waals surface area (Å²) in [7, 11) is 0. The van der Waals surface area contributed by atoms with Crippen molar-refractivity contribution in [2.24, 2.45) is 0 Å². The lowest BCUT2D eigenvalue weighted by molar-refractivity contribution is 0.0950. The summed E-state index contributed by atoms with van der Waals surface area (Å²) >= 11 is 0. The Kier molecular flexibility index (Phi) is 4.37. The average Bonchev–Trinajstić information content (AvgIpc) is 3.22. The number of carbonyl (C=O) groups is 1. The number of nitrogens with one attached hydrogen (secondary N) is 1. The van der Waals surface area contributed by atoms with Crippen LogP contribution in [0.15, 0.2) is 42.9 Å². The predicted molar refractivity (Wildman–Crippen MR) is 82.6 cm³/mol. The Morgan fingerprint density at radius 1 is 1.25 bits per heavy atom. The average molecular weight is 331 g/mol. The van der Waals surface area contributed by atoms with Gasteiger partial charge in [0.1, 0.15) is 5.69 Å². The Bertz CT molecular complexity index is 851. The predicted octanol–water partition coefficient (Wildman–Crippen LogP) is 2.30. The number of aryl methyl sites for hydroxylation is 1. The van der Waals surface area contributed by atoms with Crippen LogP contribution in [-0.4, -0.2) is 25.5 Å². The van der Waals surface area contributed by atoms with Gasteiger partial charge in [0.2, 0.25) is 0 Å². The number of hydrogen-bond acceptors (Lipinski definition) is 3. The van der Waals surface area contributed by atoms with Crippen LogP contribution in [-0.2, 0) is 13.1 Å². The molecule has 0 aliphatic carbocycles. The topological polar surface area (TPSA) is 64.7 Å².